The average Bonchev–Trinajstić information content (AvgIpc) is 2.20. The number of hydrogen-bond acceptors (Lipinski definition) is 2. The van der Waals surface area contributed by atoms with Gasteiger partial charge in [0.05, 0.1) is 0 Å². The Balaban J connectivity index is 2.41. The molecule has 0 aromatic rings. The minimum atomic E-state index is -0.706. The van der Waals surface area contributed by atoms with Crippen LogP contribution in [0.25, 0.3) is 0 Å². The second-order valence-electron chi connectivity index (χ2n) is 4.58. The van der Waals surface area contributed by atoms with Crippen molar-refractivity contribution in [3.63, 3.8) is 0 Å². The van der Waals surface area contributed by atoms with Gasteiger partial charge in [-0.15, -0.1) is 0 Å². The summed E-state index contributed by atoms with van der Waals surface area (Å²) in [5.74, 6) is -0.272. The zero-order chi connectivity index (χ0) is 12.1. The molecule has 4 heteroatoms. The molecular weight excluding hydrogens is 206 g/mol. The van der Waals surface area contributed by atoms with Crippen LogP contribution in [0, 0.1) is 5.92 Å². The van der Waals surface area contributed by atoms with Gasteiger partial charge < -0.3 is 10.0 Å². The molecule has 0 radical (unpaired) electrons. The third-order valence-corrected chi connectivity index (χ3v) is 3.47. The monoisotopic (exact) mass is 227 g/mol. The van der Waals surface area contributed by atoms with Crippen molar-refractivity contribution in [1.29, 1.82) is 0 Å². The molecule has 0 spiro atoms. The summed E-state index contributed by atoms with van der Waals surface area (Å²) in [4.78, 5) is 23.8. The quantitative estimate of drug-likeness (QED) is 0.797. The van der Waals surface area contributed by atoms with E-state index in [0.29, 0.717) is 12.0 Å². The molecule has 0 bridgehead atoms. The van der Waals surface area contributed by atoms with Crippen LogP contribution in [0.1, 0.15) is 46.0 Å². The Hall–Kier alpha value is -1.06. The summed E-state index contributed by atoms with van der Waals surface area (Å²) >= 11 is 0. The van der Waals surface area contributed by atoms with Crippen molar-refractivity contribution in [1.82, 2.24) is 4.90 Å². The van der Waals surface area contributed by atoms with Gasteiger partial charge in [-0.25, -0.2) is 0 Å². The van der Waals surface area contributed by atoms with Crippen molar-refractivity contribution in [3.05, 3.63) is 0 Å². The Kier molecular flexibility index (Phi) is 4.77. The molecule has 0 atom stereocenters. The van der Waals surface area contributed by atoms with E-state index in [9.17, 15) is 9.59 Å². The molecule has 92 valence electrons. The Labute approximate surface area is 96.6 Å². The van der Waals surface area contributed by atoms with Gasteiger partial charge in [0.25, 0.3) is 0 Å². The first-order valence-corrected chi connectivity index (χ1v) is 6.03. The highest BCUT2D eigenvalue weighted by atomic mass is 16.4. The zero-order valence-corrected chi connectivity index (χ0v) is 10.1. The van der Waals surface area contributed by atoms with Gasteiger partial charge in [0.1, 0.15) is 0 Å². The smallest absolute Gasteiger partial charge is 0.303 e. The highest BCUT2D eigenvalue weighted by molar-refractivity contribution is 5.73. The van der Waals surface area contributed by atoms with Crippen molar-refractivity contribution in [3.8, 4) is 0 Å². The summed E-state index contributed by atoms with van der Waals surface area (Å²) in [6.07, 6.45) is 4.04. The molecule has 0 heterocycles. The number of aliphatic carboxylic acids is 1. The minimum Gasteiger partial charge on any atom is -0.481 e. The number of amides is 1. The van der Waals surface area contributed by atoms with Gasteiger partial charge in [-0.3, -0.25) is 9.59 Å². The number of carboxylic acid groups (broad SMARTS) is 1. The van der Waals surface area contributed by atoms with E-state index in [4.69, 9.17) is 5.11 Å². The van der Waals surface area contributed by atoms with E-state index in [1.54, 1.807) is 6.92 Å². The van der Waals surface area contributed by atoms with E-state index in [0.717, 1.165) is 32.2 Å². The van der Waals surface area contributed by atoms with Crippen LogP contribution in [0.15, 0.2) is 0 Å². The van der Waals surface area contributed by atoms with E-state index in [2.05, 4.69) is 0 Å². The summed E-state index contributed by atoms with van der Waals surface area (Å²) in [6.45, 7) is 4.35. The van der Waals surface area contributed by atoms with Gasteiger partial charge in [-0.1, -0.05) is 0 Å². The molecule has 16 heavy (non-hydrogen) atoms. The van der Waals surface area contributed by atoms with Crippen LogP contribution >= 0.6 is 0 Å². The van der Waals surface area contributed by atoms with Crippen LogP contribution < -0.4 is 0 Å². The van der Waals surface area contributed by atoms with E-state index < -0.39 is 5.97 Å². The molecule has 0 saturated heterocycles. The Bertz CT molecular complexity index is 257. The SMILES string of the molecule is CCN(C(C)=O)C1CCC(CC(=O)O)CC1. The fourth-order valence-corrected chi connectivity index (χ4v) is 2.65. The third kappa shape index (κ3) is 3.51. The molecule has 0 aliphatic heterocycles. The summed E-state index contributed by atoms with van der Waals surface area (Å²) in [5, 5.41) is 8.71. The number of carbonyl (C=O) groups is 2. The van der Waals surface area contributed by atoms with Crippen LogP contribution in [0.2, 0.25) is 0 Å². The predicted molar refractivity (Wildman–Crippen MR) is 61.1 cm³/mol. The summed E-state index contributed by atoms with van der Waals surface area (Å²) < 4.78 is 0. The molecule has 4 nitrogen and oxygen atoms in total. The second-order valence-corrected chi connectivity index (χ2v) is 4.58. The second kappa shape index (κ2) is 5.87. The van der Waals surface area contributed by atoms with Crippen LogP contribution in [0.4, 0.5) is 0 Å². The molecule has 0 aromatic carbocycles. The van der Waals surface area contributed by atoms with Crippen LogP contribution in [-0.2, 0) is 9.59 Å². The molecule has 0 aromatic heterocycles. The van der Waals surface area contributed by atoms with Crippen molar-refractivity contribution in [2.24, 2.45) is 5.92 Å². The summed E-state index contributed by atoms with van der Waals surface area (Å²) in [6, 6.07) is 0.326. The maximum atomic E-state index is 11.4. The number of carbonyl (C=O) groups excluding carboxylic acids is 1. The lowest BCUT2D eigenvalue weighted by Crippen LogP contribution is -2.41. The maximum absolute atomic E-state index is 11.4. The van der Waals surface area contributed by atoms with Crippen molar-refractivity contribution >= 4 is 11.9 Å². The van der Waals surface area contributed by atoms with Crippen LogP contribution in [-0.4, -0.2) is 34.5 Å². The minimum absolute atomic E-state index is 0.129. The van der Waals surface area contributed by atoms with Crippen molar-refractivity contribution < 1.29 is 14.7 Å². The first kappa shape index (κ1) is 13.0. The molecular formula is C12H21NO3. The highest BCUT2D eigenvalue weighted by Gasteiger charge is 2.27. The van der Waals surface area contributed by atoms with Crippen LogP contribution in [0.5, 0.6) is 0 Å². The molecule has 1 amide bonds. The van der Waals surface area contributed by atoms with Crippen molar-refractivity contribution in [2.45, 2.75) is 52.0 Å². The van der Waals surface area contributed by atoms with E-state index >= 15 is 0 Å². The lowest BCUT2D eigenvalue weighted by molar-refractivity contribution is -0.139. The standard InChI is InChI=1S/C12H21NO3/c1-3-13(9(2)14)11-6-4-10(5-7-11)8-12(15)16/h10-11H,3-8H2,1-2H3,(H,15,16). The number of rotatable bonds is 4. The van der Waals surface area contributed by atoms with E-state index in [1.807, 2.05) is 11.8 Å². The van der Waals surface area contributed by atoms with Gasteiger partial charge in [-0.05, 0) is 38.5 Å². The molecule has 0 unspecified atom stereocenters. The number of hydrogen-bond donors (Lipinski definition) is 1. The van der Waals surface area contributed by atoms with Gasteiger partial charge in [0.15, 0.2) is 0 Å². The lowest BCUT2D eigenvalue weighted by atomic mass is 9.83. The topological polar surface area (TPSA) is 57.6 Å². The number of nitrogens with zero attached hydrogens (tertiary/aromatic N) is 1. The molecule has 1 rings (SSSR count). The fourth-order valence-electron chi connectivity index (χ4n) is 2.65. The third-order valence-electron chi connectivity index (χ3n) is 3.47. The Morgan fingerprint density at radius 2 is 1.81 bits per heavy atom. The predicted octanol–water partition coefficient (Wildman–Crippen LogP) is 1.89. The summed E-state index contributed by atoms with van der Waals surface area (Å²) in [5.41, 5.74) is 0. The average molecular weight is 227 g/mol. The Morgan fingerprint density at radius 3 is 2.19 bits per heavy atom. The van der Waals surface area contributed by atoms with Gasteiger partial charge in [0, 0.05) is 25.9 Å². The van der Waals surface area contributed by atoms with Gasteiger partial charge in [-0.2, -0.15) is 0 Å². The van der Waals surface area contributed by atoms with E-state index in [1.165, 1.54) is 0 Å². The molecule has 1 aliphatic carbocycles. The lowest BCUT2D eigenvalue weighted by Gasteiger charge is -2.35. The largest absolute Gasteiger partial charge is 0.481 e. The molecule has 1 saturated carbocycles. The fraction of sp³-hybridized carbons (Fsp3) is 0.833. The summed E-state index contributed by atoms with van der Waals surface area (Å²) in [7, 11) is 0. The molecule has 1 aliphatic rings. The van der Waals surface area contributed by atoms with Gasteiger partial charge in [0.2, 0.25) is 5.91 Å². The van der Waals surface area contributed by atoms with E-state index in [-0.39, 0.29) is 12.3 Å². The van der Waals surface area contributed by atoms with Crippen molar-refractivity contribution in [2.75, 3.05) is 6.54 Å². The molecule has 1 fully saturated rings. The molecule has 1 N–H and O–H groups in total. The highest BCUT2D eigenvalue weighted by Crippen LogP contribution is 2.29. The first-order chi connectivity index (χ1) is 7.54. The van der Waals surface area contributed by atoms with Gasteiger partial charge >= 0.3 is 5.97 Å². The maximum Gasteiger partial charge on any atom is 0.303 e. The number of carboxylic acids is 1. The Morgan fingerprint density at radius 1 is 1.25 bits per heavy atom. The first-order valence-electron chi connectivity index (χ1n) is 6.03. The normalized spacial score (nSPS) is 25.1. The zero-order valence-electron chi connectivity index (χ0n) is 10.1. The van der Waals surface area contributed by atoms with Crippen LogP contribution in [0.3, 0.4) is 0 Å².